The van der Waals surface area contributed by atoms with E-state index in [0.717, 1.165) is 5.75 Å². The molecule has 0 aliphatic heterocycles. The maximum Gasteiger partial charge on any atom is 0.136 e. The molecule has 1 unspecified atom stereocenters. The standard InChI is InChI=1S/C16H25NO2S/c1-11(17-20(18)16(2,3)4)13-8-9-15(19-5)14(10-13)12-6-7-12/h8-12,17H,6-7H2,1-5H3/t11-,20?/m0/s1. The molecule has 1 saturated carbocycles. The number of methoxy groups -OCH3 is 1. The van der Waals surface area contributed by atoms with Crippen molar-refractivity contribution in [3.8, 4) is 5.75 Å². The molecule has 0 bridgehead atoms. The zero-order chi connectivity index (χ0) is 14.9. The van der Waals surface area contributed by atoms with Crippen LogP contribution in [0.15, 0.2) is 18.2 Å². The largest absolute Gasteiger partial charge is 0.598 e. The molecular weight excluding hydrogens is 270 g/mol. The first-order chi connectivity index (χ1) is 9.32. The molecule has 112 valence electrons. The van der Waals surface area contributed by atoms with Crippen LogP contribution in [0.3, 0.4) is 0 Å². The number of hydrogen-bond donors (Lipinski definition) is 1. The van der Waals surface area contributed by atoms with Crippen LogP contribution in [-0.4, -0.2) is 16.4 Å². The van der Waals surface area contributed by atoms with Crippen molar-refractivity contribution in [2.24, 2.45) is 0 Å². The molecule has 4 heteroatoms. The van der Waals surface area contributed by atoms with Gasteiger partial charge in [-0.1, -0.05) is 12.1 Å². The molecule has 20 heavy (non-hydrogen) atoms. The van der Waals surface area contributed by atoms with Gasteiger partial charge in [0.05, 0.1) is 13.2 Å². The Bertz CT molecular complexity index is 466. The quantitative estimate of drug-likeness (QED) is 0.843. The fraction of sp³-hybridized carbons (Fsp3) is 0.625. The molecule has 2 atom stereocenters. The Hall–Kier alpha value is -0.710. The van der Waals surface area contributed by atoms with Gasteiger partial charge >= 0.3 is 0 Å². The van der Waals surface area contributed by atoms with Crippen LogP contribution in [0.2, 0.25) is 0 Å². The summed E-state index contributed by atoms with van der Waals surface area (Å²) in [5, 5.41) is 0. The molecule has 3 nitrogen and oxygen atoms in total. The Balaban J connectivity index is 2.14. The predicted octanol–water partition coefficient (Wildman–Crippen LogP) is 3.69. The van der Waals surface area contributed by atoms with Crippen molar-refractivity contribution in [3.63, 3.8) is 0 Å². The number of nitrogens with one attached hydrogen (secondary N) is 1. The summed E-state index contributed by atoms with van der Waals surface area (Å²) in [5.41, 5.74) is 2.46. The predicted molar refractivity (Wildman–Crippen MR) is 84.4 cm³/mol. The third-order valence-corrected chi connectivity index (χ3v) is 5.29. The number of rotatable bonds is 5. The van der Waals surface area contributed by atoms with Gasteiger partial charge in [-0.3, -0.25) is 0 Å². The third kappa shape index (κ3) is 3.68. The van der Waals surface area contributed by atoms with E-state index in [-0.39, 0.29) is 10.8 Å². The van der Waals surface area contributed by atoms with Gasteiger partial charge in [-0.2, -0.15) is 0 Å². The Labute approximate surface area is 125 Å². The molecule has 0 aromatic heterocycles. The summed E-state index contributed by atoms with van der Waals surface area (Å²) < 4.78 is 20.6. The molecule has 1 aliphatic carbocycles. The number of hydrogen-bond acceptors (Lipinski definition) is 3. The van der Waals surface area contributed by atoms with E-state index in [1.165, 1.54) is 24.0 Å². The van der Waals surface area contributed by atoms with E-state index in [1.807, 2.05) is 26.8 Å². The van der Waals surface area contributed by atoms with E-state index in [1.54, 1.807) is 7.11 Å². The SMILES string of the molecule is COc1ccc([C@H](C)N[S+]([O-])C(C)(C)C)cc1C1CC1. The Morgan fingerprint density at radius 3 is 2.50 bits per heavy atom. The summed E-state index contributed by atoms with van der Waals surface area (Å²) in [6, 6.07) is 6.36. The van der Waals surface area contributed by atoms with Gasteiger partial charge in [-0.15, -0.1) is 4.72 Å². The summed E-state index contributed by atoms with van der Waals surface area (Å²) in [7, 11) is 1.72. The second-order valence-corrected chi connectivity index (χ2v) is 8.49. The maximum atomic E-state index is 12.2. The van der Waals surface area contributed by atoms with E-state index >= 15 is 0 Å². The molecule has 1 aromatic rings. The molecule has 0 spiro atoms. The Kier molecular flexibility index (Phi) is 4.67. The fourth-order valence-electron chi connectivity index (χ4n) is 2.14. The lowest BCUT2D eigenvalue weighted by molar-refractivity contribution is 0.409. The van der Waals surface area contributed by atoms with Gasteiger partial charge in [-0.25, -0.2) is 0 Å². The third-order valence-electron chi connectivity index (χ3n) is 3.61. The normalized spacial score (nSPS) is 18.7. The van der Waals surface area contributed by atoms with Gasteiger partial charge in [0.15, 0.2) is 0 Å². The van der Waals surface area contributed by atoms with Crippen LogP contribution in [0, 0.1) is 0 Å². The van der Waals surface area contributed by atoms with Crippen molar-refractivity contribution in [2.45, 2.75) is 57.2 Å². The lowest BCUT2D eigenvalue weighted by atomic mass is 10.0. The molecule has 1 aromatic carbocycles. The maximum absolute atomic E-state index is 12.2. The number of ether oxygens (including phenoxy) is 1. The van der Waals surface area contributed by atoms with Crippen molar-refractivity contribution >= 4 is 11.4 Å². The fourth-order valence-corrected chi connectivity index (χ4v) is 2.95. The summed E-state index contributed by atoms with van der Waals surface area (Å²) in [4.78, 5) is 0. The number of benzene rings is 1. The van der Waals surface area contributed by atoms with Crippen molar-refractivity contribution < 1.29 is 9.29 Å². The summed E-state index contributed by atoms with van der Waals surface area (Å²) in [6.07, 6.45) is 2.49. The molecule has 1 N–H and O–H groups in total. The zero-order valence-corrected chi connectivity index (χ0v) is 13.8. The van der Waals surface area contributed by atoms with Crippen LogP contribution in [0.25, 0.3) is 0 Å². The van der Waals surface area contributed by atoms with E-state index in [4.69, 9.17) is 4.74 Å². The van der Waals surface area contributed by atoms with Crippen molar-refractivity contribution in [2.75, 3.05) is 7.11 Å². The van der Waals surface area contributed by atoms with Crippen molar-refractivity contribution in [1.29, 1.82) is 0 Å². The molecule has 0 amide bonds. The lowest BCUT2D eigenvalue weighted by Crippen LogP contribution is -2.40. The molecule has 0 heterocycles. The smallest absolute Gasteiger partial charge is 0.136 e. The minimum atomic E-state index is -1.06. The zero-order valence-electron chi connectivity index (χ0n) is 13.0. The van der Waals surface area contributed by atoms with Crippen LogP contribution >= 0.6 is 0 Å². The highest BCUT2D eigenvalue weighted by atomic mass is 32.2. The van der Waals surface area contributed by atoms with Crippen molar-refractivity contribution in [1.82, 2.24) is 4.72 Å². The summed E-state index contributed by atoms with van der Waals surface area (Å²) in [5.74, 6) is 1.62. The molecule has 1 fully saturated rings. The van der Waals surface area contributed by atoms with Gasteiger partial charge in [-0.05, 0) is 63.6 Å². The van der Waals surface area contributed by atoms with Gasteiger partial charge in [0, 0.05) is 11.4 Å². The van der Waals surface area contributed by atoms with Gasteiger partial charge in [0.25, 0.3) is 0 Å². The van der Waals surface area contributed by atoms with Crippen LogP contribution in [-0.2, 0) is 11.4 Å². The Morgan fingerprint density at radius 1 is 1.35 bits per heavy atom. The minimum Gasteiger partial charge on any atom is -0.598 e. The van der Waals surface area contributed by atoms with E-state index in [0.29, 0.717) is 5.92 Å². The molecule has 2 rings (SSSR count). The first-order valence-corrected chi connectivity index (χ1v) is 8.34. The summed E-state index contributed by atoms with van der Waals surface area (Å²) >= 11 is -1.06. The first kappa shape index (κ1) is 15.7. The Morgan fingerprint density at radius 2 is 2.00 bits per heavy atom. The molecule has 1 aliphatic rings. The summed E-state index contributed by atoms with van der Waals surface area (Å²) in [6.45, 7) is 7.99. The van der Waals surface area contributed by atoms with Gasteiger partial charge in [0.2, 0.25) is 0 Å². The highest BCUT2D eigenvalue weighted by Gasteiger charge is 2.30. The first-order valence-electron chi connectivity index (χ1n) is 7.19. The molecule has 0 radical (unpaired) electrons. The topological polar surface area (TPSA) is 44.3 Å². The minimum absolute atomic E-state index is 0.0680. The molecule has 0 saturated heterocycles. The molecular formula is C16H25NO2S. The average Bonchev–Trinajstić information content (AvgIpc) is 3.21. The van der Waals surface area contributed by atoms with Gasteiger partial charge < -0.3 is 9.29 Å². The lowest BCUT2D eigenvalue weighted by Gasteiger charge is -2.26. The van der Waals surface area contributed by atoms with Crippen LogP contribution in [0.4, 0.5) is 0 Å². The monoisotopic (exact) mass is 295 g/mol. The highest BCUT2D eigenvalue weighted by molar-refractivity contribution is 7.90. The van der Waals surface area contributed by atoms with E-state index < -0.39 is 11.4 Å². The van der Waals surface area contributed by atoms with E-state index in [9.17, 15) is 4.55 Å². The van der Waals surface area contributed by atoms with Gasteiger partial charge in [0.1, 0.15) is 10.5 Å². The van der Waals surface area contributed by atoms with Crippen LogP contribution < -0.4 is 9.46 Å². The highest BCUT2D eigenvalue weighted by Crippen LogP contribution is 2.45. The average molecular weight is 295 g/mol. The van der Waals surface area contributed by atoms with Crippen LogP contribution in [0.5, 0.6) is 5.75 Å². The van der Waals surface area contributed by atoms with Crippen LogP contribution in [0.1, 0.15) is 63.6 Å². The van der Waals surface area contributed by atoms with E-state index in [2.05, 4.69) is 23.8 Å². The second-order valence-electron chi connectivity index (χ2n) is 6.50. The second kappa shape index (κ2) is 5.96. The van der Waals surface area contributed by atoms with Crippen molar-refractivity contribution in [3.05, 3.63) is 29.3 Å².